The van der Waals surface area contributed by atoms with Crippen LogP contribution in [0, 0.1) is 6.92 Å². The van der Waals surface area contributed by atoms with Gasteiger partial charge in [-0.2, -0.15) is 4.99 Å². The minimum absolute atomic E-state index is 0.103. The first-order valence-corrected chi connectivity index (χ1v) is 11.5. The summed E-state index contributed by atoms with van der Waals surface area (Å²) in [5.74, 6) is -2.84. The van der Waals surface area contributed by atoms with Crippen molar-refractivity contribution in [3.05, 3.63) is 39.8 Å². The van der Waals surface area contributed by atoms with E-state index in [-0.39, 0.29) is 5.82 Å². The van der Waals surface area contributed by atoms with Gasteiger partial charge in [0.15, 0.2) is 20.5 Å². The van der Waals surface area contributed by atoms with Gasteiger partial charge in [-0.05, 0) is 32.0 Å². The number of rotatable bonds is 6. The van der Waals surface area contributed by atoms with Gasteiger partial charge in [0, 0.05) is 17.6 Å². The summed E-state index contributed by atoms with van der Waals surface area (Å²) >= 11 is 7.23. The van der Waals surface area contributed by atoms with Crippen molar-refractivity contribution in [2.24, 2.45) is 4.99 Å². The second kappa shape index (κ2) is 8.47. The Morgan fingerprint density at radius 2 is 2.07 bits per heavy atom. The molecule has 0 aliphatic heterocycles. The maximum atomic E-state index is 12.2. The zero-order valence-electron chi connectivity index (χ0n) is 15.5. The molecule has 0 radical (unpaired) electrons. The SMILES string of the molecule is CCn1c(=NC(=O)CS(=O)(=O)CC(=O)Nc2cc(C)on2)sc2cc(Cl)ccc21. The number of thiazole rings is 1. The first kappa shape index (κ1) is 21.2. The van der Waals surface area contributed by atoms with Crippen molar-refractivity contribution in [2.75, 3.05) is 16.8 Å². The molecule has 154 valence electrons. The molecule has 3 rings (SSSR count). The van der Waals surface area contributed by atoms with E-state index in [0.29, 0.717) is 22.1 Å². The van der Waals surface area contributed by atoms with Gasteiger partial charge in [-0.25, -0.2) is 8.42 Å². The molecule has 2 amide bonds. The van der Waals surface area contributed by atoms with Gasteiger partial charge in [-0.3, -0.25) is 9.59 Å². The fourth-order valence-electron chi connectivity index (χ4n) is 2.62. The molecule has 0 aliphatic rings. The Morgan fingerprint density at radius 3 is 2.72 bits per heavy atom. The monoisotopic (exact) mass is 456 g/mol. The Morgan fingerprint density at radius 1 is 1.31 bits per heavy atom. The summed E-state index contributed by atoms with van der Waals surface area (Å²) in [5, 5.41) is 6.41. The quantitative estimate of drug-likeness (QED) is 0.606. The average Bonchev–Trinajstić information content (AvgIpc) is 3.15. The van der Waals surface area contributed by atoms with Crippen LogP contribution in [0.1, 0.15) is 12.7 Å². The van der Waals surface area contributed by atoms with E-state index >= 15 is 0 Å². The number of carbonyl (C=O) groups is 2. The van der Waals surface area contributed by atoms with E-state index in [1.807, 2.05) is 13.0 Å². The first-order chi connectivity index (χ1) is 13.7. The Kier molecular flexibility index (Phi) is 6.20. The van der Waals surface area contributed by atoms with Crippen LogP contribution in [0.4, 0.5) is 5.82 Å². The predicted octanol–water partition coefficient (Wildman–Crippen LogP) is 2.15. The highest BCUT2D eigenvalue weighted by Gasteiger charge is 2.21. The zero-order valence-corrected chi connectivity index (χ0v) is 17.9. The third kappa shape index (κ3) is 5.31. The molecule has 0 unspecified atom stereocenters. The molecule has 0 fully saturated rings. The molecule has 12 heteroatoms. The van der Waals surface area contributed by atoms with Gasteiger partial charge in [-0.1, -0.05) is 28.1 Å². The number of amides is 2. The van der Waals surface area contributed by atoms with Crippen LogP contribution in [0.5, 0.6) is 0 Å². The van der Waals surface area contributed by atoms with Gasteiger partial charge in [0.2, 0.25) is 5.91 Å². The lowest BCUT2D eigenvalue weighted by molar-refractivity contribution is -0.115. The summed E-state index contributed by atoms with van der Waals surface area (Å²) in [7, 11) is -4.01. The average molecular weight is 457 g/mol. The molecule has 0 aliphatic carbocycles. The number of anilines is 1. The molecule has 2 heterocycles. The van der Waals surface area contributed by atoms with Gasteiger partial charge >= 0.3 is 0 Å². The maximum absolute atomic E-state index is 12.2. The zero-order chi connectivity index (χ0) is 21.2. The summed E-state index contributed by atoms with van der Waals surface area (Å²) in [6.07, 6.45) is 0. The highest BCUT2D eigenvalue weighted by Crippen LogP contribution is 2.21. The summed E-state index contributed by atoms with van der Waals surface area (Å²) < 4.78 is 31.8. The lowest BCUT2D eigenvalue weighted by Gasteiger charge is -2.02. The van der Waals surface area contributed by atoms with E-state index in [2.05, 4.69) is 15.5 Å². The van der Waals surface area contributed by atoms with Crippen LogP contribution < -0.4 is 10.1 Å². The Labute approximate surface area is 174 Å². The molecule has 0 saturated heterocycles. The topological polar surface area (TPSA) is 124 Å². The molecule has 0 bridgehead atoms. The van der Waals surface area contributed by atoms with Gasteiger partial charge < -0.3 is 14.4 Å². The van der Waals surface area contributed by atoms with Crippen LogP contribution in [0.15, 0.2) is 33.8 Å². The highest BCUT2D eigenvalue weighted by molar-refractivity contribution is 7.92. The van der Waals surface area contributed by atoms with Crippen molar-refractivity contribution >= 4 is 60.6 Å². The van der Waals surface area contributed by atoms with Crippen LogP contribution in [-0.4, -0.2) is 41.5 Å². The van der Waals surface area contributed by atoms with Gasteiger partial charge in [0.05, 0.1) is 10.2 Å². The maximum Gasteiger partial charge on any atom is 0.263 e. The second-order valence-corrected chi connectivity index (χ2v) is 9.66. The van der Waals surface area contributed by atoms with Crippen LogP contribution in [-0.2, 0) is 26.0 Å². The van der Waals surface area contributed by atoms with Crippen LogP contribution in [0.25, 0.3) is 10.2 Å². The first-order valence-electron chi connectivity index (χ1n) is 8.47. The number of nitrogens with one attached hydrogen (secondary N) is 1. The third-order valence-corrected chi connectivity index (χ3v) is 6.44. The molecule has 9 nitrogen and oxygen atoms in total. The Hall–Kier alpha value is -2.50. The number of sulfone groups is 1. The van der Waals surface area contributed by atoms with E-state index in [0.717, 1.165) is 10.2 Å². The van der Waals surface area contributed by atoms with E-state index in [4.69, 9.17) is 16.1 Å². The normalized spacial score (nSPS) is 12.4. The molecule has 2 aromatic heterocycles. The number of nitrogens with zero attached hydrogens (tertiary/aromatic N) is 3. The standard InChI is InChI=1S/C17H17ClN4O5S2/c1-3-22-12-5-4-11(18)7-13(12)28-17(22)20-16(24)9-29(25,26)8-15(23)19-14-6-10(2)27-21-14/h4-7H,3,8-9H2,1-2H3,(H,19,21,23). The van der Waals surface area contributed by atoms with Crippen LogP contribution >= 0.6 is 22.9 Å². The number of aryl methyl sites for hydroxylation is 2. The molecule has 3 aromatic rings. The predicted molar refractivity (Wildman–Crippen MR) is 110 cm³/mol. The molecular weight excluding hydrogens is 440 g/mol. The largest absolute Gasteiger partial charge is 0.360 e. The van der Waals surface area contributed by atoms with Crippen molar-refractivity contribution in [2.45, 2.75) is 20.4 Å². The lowest BCUT2D eigenvalue weighted by Crippen LogP contribution is -2.28. The molecular formula is C17H17ClN4O5S2. The lowest BCUT2D eigenvalue weighted by atomic mass is 10.3. The second-order valence-electron chi connectivity index (χ2n) is 6.15. The van der Waals surface area contributed by atoms with E-state index in [9.17, 15) is 18.0 Å². The fourth-order valence-corrected chi connectivity index (χ4v) is 5.02. The number of halogens is 1. The van der Waals surface area contributed by atoms with Gasteiger partial charge in [-0.15, -0.1) is 0 Å². The summed E-state index contributed by atoms with van der Waals surface area (Å²) in [6, 6.07) is 6.74. The summed E-state index contributed by atoms with van der Waals surface area (Å²) in [4.78, 5) is 28.4. The van der Waals surface area contributed by atoms with Gasteiger partial charge in [0.25, 0.3) is 5.91 Å². The number of fused-ring (bicyclic) bond motifs is 1. The Balaban J connectivity index is 1.75. The van der Waals surface area contributed by atoms with Crippen molar-refractivity contribution in [3.8, 4) is 0 Å². The van der Waals surface area contributed by atoms with E-state index in [1.54, 1.807) is 23.6 Å². The molecule has 0 saturated carbocycles. The van der Waals surface area contributed by atoms with Crippen molar-refractivity contribution in [3.63, 3.8) is 0 Å². The summed E-state index contributed by atoms with van der Waals surface area (Å²) in [5.41, 5.74) is 0.846. The molecule has 0 atom stereocenters. The van der Waals surface area contributed by atoms with Gasteiger partial charge in [0.1, 0.15) is 17.3 Å². The number of hydrogen-bond donors (Lipinski definition) is 1. The number of aromatic nitrogens is 2. The highest BCUT2D eigenvalue weighted by atomic mass is 35.5. The smallest absolute Gasteiger partial charge is 0.263 e. The van der Waals surface area contributed by atoms with Crippen LogP contribution in [0.3, 0.4) is 0 Å². The molecule has 1 aromatic carbocycles. The summed E-state index contributed by atoms with van der Waals surface area (Å²) in [6.45, 7) is 4.06. The fraction of sp³-hybridized carbons (Fsp3) is 0.294. The minimum Gasteiger partial charge on any atom is -0.360 e. The Bertz CT molecular complexity index is 1260. The minimum atomic E-state index is -4.01. The number of hydrogen-bond acceptors (Lipinski definition) is 7. The third-order valence-electron chi connectivity index (χ3n) is 3.77. The van der Waals surface area contributed by atoms with Crippen molar-refractivity contribution in [1.82, 2.24) is 9.72 Å². The van der Waals surface area contributed by atoms with Crippen molar-refractivity contribution < 1.29 is 22.5 Å². The molecule has 0 spiro atoms. The van der Waals surface area contributed by atoms with Crippen LogP contribution in [0.2, 0.25) is 5.02 Å². The van der Waals surface area contributed by atoms with E-state index in [1.165, 1.54) is 17.4 Å². The number of carbonyl (C=O) groups excluding carboxylic acids is 2. The molecule has 1 N–H and O–H groups in total. The van der Waals surface area contributed by atoms with Crippen molar-refractivity contribution in [1.29, 1.82) is 0 Å². The molecule has 29 heavy (non-hydrogen) atoms. The number of benzene rings is 1. The van der Waals surface area contributed by atoms with E-state index < -0.39 is 33.2 Å².